The van der Waals surface area contributed by atoms with Crippen molar-refractivity contribution in [2.75, 3.05) is 52.5 Å². The number of hydrogen-bond acceptors (Lipinski definition) is 3. The summed E-state index contributed by atoms with van der Waals surface area (Å²) in [4.78, 5) is 7.19. The molecule has 5 nitrogen and oxygen atoms in total. The van der Waals surface area contributed by atoms with Crippen molar-refractivity contribution < 1.29 is 4.74 Å². The Balaban J connectivity index is 0.00000264. The van der Waals surface area contributed by atoms with Gasteiger partial charge in [-0.3, -0.25) is 9.89 Å². The minimum Gasteiger partial charge on any atom is -0.379 e. The summed E-state index contributed by atoms with van der Waals surface area (Å²) in [5, 5.41) is 6.82. The minimum absolute atomic E-state index is 0. The Morgan fingerprint density at radius 2 is 1.87 bits per heavy atom. The summed E-state index contributed by atoms with van der Waals surface area (Å²) in [7, 11) is 0. The number of hydrogen-bond donors (Lipinski definition) is 2. The Kier molecular flexibility index (Phi) is 12.1. The highest BCUT2D eigenvalue weighted by atomic mass is 127. The van der Waals surface area contributed by atoms with Gasteiger partial charge in [-0.15, -0.1) is 24.0 Å². The predicted octanol–water partition coefficient (Wildman–Crippen LogP) is 2.46. The van der Waals surface area contributed by atoms with Crippen LogP contribution in [0, 0.1) is 5.92 Å². The van der Waals surface area contributed by atoms with Crippen LogP contribution in [0.25, 0.3) is 0 Å². The average Bonchev–Trinajstić information content (AvgIpc) is 2.57. The number of halogens is 1. The maximum Gasteiger partial charge on any atom is 0.191 e. The first-order valence-corrected chi connectivity index (χ1v) is 9.20. The second-order valence-corrected chi connectivity index (χ2v) is 6.43. The van der Waals surface area contributed by atoms with Gasteiger partial charge >= 0.3 is 0 Å². The smallest absolute Gasteiger partial charge is 0.191 e. The predicted molar refractivity (Wildman–Crippen MR) is 108 cm³/mol. The molecule has 0 unspecified atom stereocenters. The van der Waals surface area contributed by atoms with E-state index < -0.39 is 0 Å². The second kappa shape index (κ2) is 13.2. The van der Waals surface area contributed by atoms with E-state index in [0.29, 0.717) is 0 Å². The molecule has 0 atom stereocenters. The highest BCUT2D eigenvalue weighted by Gasteiger charge is 2.13. The molecule has 0 radical (unpaired) electrons. The Morgan fingerprint density at radius 1 is 1.13 bits per heavy atom. The maximum absolute atomic E-state index is 5.38. The molecule has 1 saturated carbocycles. The Labute approximate surface area is 159 Å². The van der Waals surface area contributed by atoms with Crippen LogP contribution >= 0.6 is 24.0 Å². The average molecular weight is 438 g/mol. The van der Waals surface area contributed by atoms with Gasteiger partial charge in [-0.1, -0.05) is 32.1 Å². The van der Waals surface area contributed by atoms with Crippen molar-refractivity contribution in [3.8, 4) is 0 Å². The van der Waals surface area contributed by atoms with Gasteiger partial charge in [0.05, 0.1) is 13.2 Å². The van der Waals surface area contributed by atoms with Crippen molar-refractivity contribution in [3.05, 3.63) is 0 Å². The molecule has 136 valence electrons. The van der Waals surface area contributed by atoms with Gasteiger partial charge < -0.3 is 15.4 Å². The molecule has 2 aliphatic rings. The normalized spacial score (nSPS) is 20.8. The first-order chi connectivity index (χ1) is 10.9. The van der Waals surface area contributed by atoms with E-state index in [4.69, 9.17) is 9.73 Å². The van der Waals surface area contributed by atoms with Gasteiger partial charge in [-0.25, -0.2) is 0 Å². The number of rotatable bonds is 7. The molecule has 0 bridgehead atoms. The maximum atomic E-state index is 5.38. The zero-order chi connectivity index (χ0) is 15.5. The lowest BCUT2D eigenvalue weighted by atomic mass is 9.87. The lowest BCUT2D eigenvalue weighted by Crippen LogP contribution is -2.44. The summed E-state index contributed by atoms with van der Waals surface area (Å²) in [5.74, 6) is 1.89. The molecule has 1 aliphatic carbocycles. The van der Waals surface area contributed by atoms with Crippen LogP contribution in [-0.2, 0) is 4.74 Å². The molecule has 0 aromatic heterocycles. The first-order valence-electron chi connectivity index (χ1n) is 9.20. The van der Waals surface area contributed by atoms with Crippen molar-refractivity contribution in [1.29, 1.82) is 0 Å². The third kappa shape index (κ3) is 9.10. The summed E-state index contributed by atoms with van der Waals surface area (Å²) in [6.07, 6.45) is 8.36. The van der Waals surface area contributed by atoms with Gasteiger partial charge in [0.2, 0.25) is 0 Å². The zero-order valence-corrected chi connectivity index (χ0v) is 17.0. The molecule has 2 N–H and O–H groups in total. The fourth-order valence-electron chi connectivity index (χ4n) is 3.33. The lowest BCUT2D eigenvalue weighted by Gasteiger charge is -2.26. The molecule has 1 saturated heterocycles. The van der Waals surface area contributed by atoms with Crippen molar-refractivity contribution in [2.45, 2.75) is 45.4 Å². The number of nitrogens with zero attached hydrogens (tertiary/aromatic N) is 2. The number of aliphatic imine (C=N–C) groups is 1. The third-order valence-electron chi connectivity index (χ3n) is 4.70. The molecule has 1 heterocycles. The van der Waals surface area contributed by atoms with Crippen LogP contribution in [0.2, 0.25) is 0 Å². The van der Waals surface area contributed by atoms with Crippen LogP contribution in [0.3, 0.4) is 0 Å². The highest BCUT2D eigenvalue weighted by molar-refractivity contribution is 14.0. The summed E-state index contributed by atoms with van der Waals surface area (Å²) in [5.41, 5.74) is 0. The molecule has 0 aromatic carbocycles. The van der Waals surface area contributed by atoms with Crippen LogP contribution in [0.15, 0.2) is 4.99 Å². The van der Waals surface area contributed by atoms with E-state index in [1.807, 2.05) is 0 Å². The number of morpholine rings is 1. The number of nitrogens with one attached hydrogen (secondary N) is 2. The Hall–Kier alpha value is -0.0800. The van der Waals surface area contributed by atoms with Crippen molar-refractivity contribution >= 4 is 29.9 Å². The van der Waals surface area contributed by atoms with Gasteiger partial charge in [-0.2, -0.15) is 0 Å². The van der Waals surface area contributed by atoms with Crippen LogP contribution in [0.1, 0.15) is 45.4 Å². The van der Waals surface area contributed by atoms with E-state index in [2.05, 4.69) is 22.5 Å². The van der Waals surface area contributed by atoms with Crippen molar-refractivity contribution in [1.82, 2.24) is 15.5 Å². The van der Waals surface area contributed by atoms with Crippen LogP contribution in [0.4, 0.5) is 0 Å². The van der Waals surface area contributed by atoms with Crippen molar-refractivity contribution in [3.63, 3.8) is 0 Å². The quantitative estimate of drug-likeness (QED) is 0.364. The van der Waals surface area contributed by atoms with E-state index in [0.717, 1.165) is 64.4 Å². The summed E-state index contributed by atoms with van der Waals surface area (Å²) in [6.45, 7) is 9.87. The highest BCUT2D eigenvalue weighted by Crippen LogP contribution is 2.25. The number of guanidine groups is 1. The Morgan fingerprint density at radius 3 is 2.57 bits per heavy atom. The van der Waals surface area contributed by atoms with Gasteiger partial charge in [0.1, 0.15) is 0 Å². The third-order valence-corrected chi connectivity index (χ3v) is 4.70. The molecule has 6 heteroatoms. The van der Waals surface area contributed by atoms with E-state index in [1.54, 1.807) is 0 Å². The summed E-state index contributed by atoms with van der Waals surface area (Å²) < 4.78 is 5.38. The van der Waals surface area contributed by atoms with E-state index in [9.17, 15) is 0 Å². The first kappa shape index (κ1) is 21.0. The SMILES string of the molecule is CCNC(=NCCC1CCCCC1)NCCN1CCOCC1.I. The van der Waals surface area contributed by atoms with Gasteiger partial charge in [0.25, 0.3) is 0 Å². The second-order valence-electron chi connectivity index (χ2n) is 6.43. The standard InChI is InChI=1S/C17H34N4O.HI/c1-2-18-17(19-9-8-16-6-4-3-5-7-16)20-10-11-21-12-14-22-15-13-21;/h16H,2-15H2,1H3,(H2,18,19,20);1H. The summed E-state index contributed by atoms with van der Waals surface area (Å²) in [6, 6.07) is 0. The largest absolute Gasteiger partial charge is 0.379 e. The van der Waals surface area contributed by atoms with Crippen LogP contribution < -0.4 is 10.6 Å². The van der Waals surface area contributed by atoms with E-state index in [-0.39, 0.29) is 24.0 Å². The lowest BCUT2D eigenvalue weighted by molar-refractivity contribution is 0.0389. The molecule has 2 fully saturated rings. The molecule has 1 aliphatic heterocycles. The topological polar surface area (TPSA) is 48.9 Å². The van der Waals surface area contributed by atoms with Gasteiger partial charge in [-0.05, 0) is 19.3 Å². The Bertz CT molecular complexity index is 316. The van der Waals surface area contributed by atoms with E-state index >= 15 is 0 Å². The molecule has 0 aromatic rings. The fraction of sp³-hybridized carbons (Fsp3) is 0.941. The van der Waals surface area contributed by atoms with Crippen LogP contribution in [0.5, 0.6) is 0 Å². The van der Waals surface area contributed by atoms with E-state index in [1.165, 1.54) is 38.5 Å². The monoisotopic (exact) mass is 438 g/mol. The minimum atomic E-state index is 0. The molecular formula is C17H35IN4O. The van der Waals surface area contributed by atoms with Crippen LogP contribution in [-0.4, -0.2) is 63.3 Å². The molecule has 2 rings (SSSR count). The van der Waals surface area contributed by atoms with Gasteiger partial charge in [0, 0.05) is 39.3 Å². The fourth-order valence-corrected chi connectivity index (χ4v) is 3.33. The number of ether oxygens (including phenoxy) is 1. The van der Waals surface area contributed by atoms with Gasteiger partial charge in [0.15, 0.2) is 5.96 Å². The molecule has 0 amide bonds. The summed E-state index contributed by atoms with van der Waals surface area (Å²) >= 11 is 0. The van der Waals surface area contributed by atoms with Crippen molar-refractivity contribution in [2.24, 2.45) is 10.9 Å². The molecule has 23 heavy (non-hydrogen) atoms. The molecular weight excluding hydrogens is 403 g/mol. The zero-order valence-electron chi connectivity index (χ0n) is 14.7. The molecule has 0 spiro atoms.